The molecular formula is C13H17N3O. The van der Waals surface area contributed by atoms with Gasteiger partial charge in [-0.3, -0.25) is 15.1 Å². The van der Waals surface area contributed by atoms with Crippen LogP contribution >= 0.6 is 0 Å². The molecule has 90 valence electrons. The fourth-order valence-corrected chi connectivity index (χ4v) is 1.88. The molecule has 17 heavy (non-hydrogen) atoms. The predicted octanol–water partition coefficient (Wildman–Crippen LogP) is 1.31. The molecule has 0 bridgehead atoms. The van der Waals surface area contributed by atoms with Gasteiger partial charge in [-0.15, -0.1) is 0 Å². The monoisotopic (exact) mass is 231 g/mol. The number of hydrogen-bond acceptors (Lipinski definition) is 2. The van der Waals surface area contributed by atoms with E-state index in [1.165, 1.54) is 5.56 Å². The van der Waals surface area contributed by atoms with Crippen LogP contribution in [0.5, 0.6) is 0 Å². The zero-order chi connectivity index (χ0) is 12.5. The van der Waals surface area contributed by atoms with Crippen LogP contribution in [0.25, 0.3) is 0 Å². The summed E-state index contributed by atoms with van der Waals surface area (Å²) in [6, 6.07) is 7.95. The van der Waals surface area contributed by atoms with E-state index in [1.54, 1.807) is 0 Å². The second-order valence-corrected chi connectivity index (χ2v) is 4.39. The Hall–Kier alpha value is -1.84. The summed E-state index contributed by atoms with van der Waals surface area (Å²) in [7, 11) is 0. The van der Waals surface area contributed by atoms with Crippen LogP contribution in [0, 0.1) is 6.92 Å². The zero-order valence-corrected chi connectivity index (χ0v) is 10.4. The number of rotatable bonds is 2. The highest BCUT2D eigenvalue weighted by atomic mass is 16.2. The summed E-state index contributed by atoms with van der Waals surface area (Å²) in [5, 5.41) is 5.90. The van der Waals surface area contributed by atoms with Gasteiger partial charge in [0.1, 0.15) is 5.54 Å². The van der Waals surface area contributed by atoms with Crippen LogP contribution in [-0.2, 0) is 10.3 Å². The number of nitrogens with one attached hydrogen (secondary N) is 2. The molecule has 0 radical (unpaired) electrons. The van der Waals surface area contributed by atoms with Gasteiger partial charge in [-0.2, -0.15) is 0 Å². The first kappa shape index (κ1) is 11.6. The average Bonchev–Trinajstić information content (AvgIpc) is 2.57. The fourth-order valence-electron chi connectivity index (χ4n) is 1.88. The van der Waals surface area contributed by atoms with E-state index >= 15 is 0 Å². The third-order valence-electron chi connectivity index (χ3n) is 3.00. The lowest BCUT2D eigenvalue weighted by Crippen LogP contribution is -2.40. The van der Waals surface area contributed by atoms with Crippen molar-refractivity contribution in [1.82, 2.24) is 10.6 Å². The van der Waals surface area contributed by atoms with Crippen molar-refractivity contribution in [1.29, 1.82) is 0 Å². The summed E-state index contributed by atoms with van der Waals surface area (Å²) in [4.78, 5) is 16.2. The summed E-state index contributed by atoms with van der Waals surface area (Å²) >= 11 is 0. The topological polar surface area (TPSA) is 53.5 Å². The number of benzene rings is 1. The minimum absolute atomic E-state index is 0.0615. The maximum Gasteiger partial charge on any atom is 0.256 e. The van der Waals surface area contributed by atoms with E-state index < -0.39 is 5.54 Å². The van der Waals surface area contributed by atoms with Crippen LogP contribution in [-0.4, -0.2) is 18.4 Å². The number of carbonyl (C=O) groups excluding carboxylic acids is 1. The molecule has 1 aromatic rings. The lowest BCUT2D eigenvalue weighted by Gasteiger charge is -2.21. The molecule has 1 unspecified atom stereocenters. The van der Waals surface area contributed by atoms with Gasteiger partial charge in [-0.05, 0) is 26.3 Å². The van der Waals surface area contributed by atoms with Gasteiger partial charge in [0.25, 0.3) is 5.91 Å². The maximum atomic E-state index is 12.0. The molecule has 2 rings (SSSR count). The van der Waals surface area contributed by atoms with Crippen LogP contribution in [0.3, 0.4) is 0 Å². The minimum atomic E-state index is -0.721. The average molecular weight is 231 g/mol. The minimum Gasteiger partial charge on any atom is -0.338 e. The Morgan fingerprint density at radius 3 is 2.53 bits per heavy atom. The molecule has 4 nitrogen and oxygen atoms in total. The first-order valence-electron chi connectivity index (χ1n) is 5.77. The molecule has 1 amide bonds. The summed E-state index contributed by atoms with van der Waals surface area (Å²) in [5.74, 6) is 0.495. The fraction of sp³-hybridized carbons (Fsp3) is 0.385. The zero-order valence-electron chi connectivity index (χ0n) is 10.4. The molecule has 1 heterocycles. The van der Waals surface area contributed by atoms with Crippen molar-refractivity contribution >= 4 is 11.9 Å². The number of hydrogen-bond donors (Lipinski definition) is 2. The molecular weight excluding hydrogens is 214 g/mol. The third-order valence-corrected chi connectivity index (χ3v) is 3.00. The molecule has 0 saturated carbocycles. The lowest BCUT2D eigenvalue weighted by atomic mass is 9.92. The van der Waals surface area contributed by atoms with Crippen LogP contribution in [0.2, 0.25) is 0 Å². The van der Waals surface area contributed by atoms with Crippen molar-refractivity contribution in [2.75, 3.05) is 6.54 Å². The summed E-state index contributed by atoms with van der Waals surface area (Å²) in [6.07, 6.45) is 0. The lowest BCUT2D eigenvalue weighted by molar-refractivity contribution is -0.123. The summed E-state index contributed by atoms with van der Waals surface area (Å²) < 4.78 is 0. The molecule has 0 spiro atoms. The van der Waals surface area contributed by atoms with Crippen LogP contribution in [0.15, 0.2) is 29.3 Å². The Bertz CT molecular complexity index is 464. The molecule has 1 saturated heterocycles. The van der Waals surface area contributed by atoms with Gasteiger partial charge in [-0.1, -0.05) is 29.8 Å². The van der Waals surface area contributed by atoms with E-state index in [2.05, 4.69) is 15.6 Å². The number of carbonyl (C=O) groups is 1. The maximum absolute atomic E-state index is 12.0. The largest absolute Gasteiger partial charge is 0.338 e. The van der Waals surface area contributed by atoms with Crippen LogP contribution in [0.4, 0.5) is 0 Å². The molecule has 1 aliphatic rings. The summed E-state index contributed by atoms with van der Waals surface area (Å²) in [5.41, 5.74) is 1.40. The molecule has 1 atom stereocenters. The Balaban J connectivity index is 2.34. The van der Waals surface area contributed by atoms with Crippen LogP contribution in [0.1, 0.15) is 25.0 Å². The van der Waals surface area contributed by atoms with Crippen molar-refractivity contribution in [3.05, 3.63) is 35.4 Å². The molecule has 1 aromatic carbocycles. The van der Waals surface area contributed by atoms with Crippen LogP contribution < -0.4 is 10.6 Å². The molecule has 2 N–H and O–H groups in total. The number of guanidine groups is 1. The standard InChI is InChI=1S/C13H17N3O/c1-4-14-12-15-11(17)13(3,16-12)10-7-5-9(2)6-8-10/h5-8H,4H2,1-3H3,(H2,14,15,16,17). The van der Waals surface area contributed by atoms with Gasteiger partial charge in [0.15, 0.2) is 5.96 Å². The van der Waals surface area contributed by atoms with Gasteiger partial charge in [0.05, 0.1) is 0 Å². The smallest absolute Gasteiger partial charge is 0.256 e. The molecule has 1 fully saturated rings. The van der Waals surface area contributed by atoms with Crippen molar-refractivity contribution in [3.63, 3.8) is 0 Å². The Morgan fingerprint density at radius 2 is 1.94 bits per heavy atom. The van der Waals surface area contributed by atoms with E-state index in [0.717, 1.165) is 5.56 Å². The second-order valence-electron chi connectivity index (χ2n) is 4.39. The van der Waals surface area contributed by atoms with Crippen molar-refractivity contribution in [2.24, 2.45) is 4.99 Å². The highest BCUT2D eigenvalue weighted by Crippen LogP contribution is 2.24. The number of aliphatic imine (C=N–C) groups is 1. The molecule has 4 heteroatoms. The van der Waals surface area contributed by atoms with Gasteiger partial charge >= 0.3 is 0 Å². The number of aryl methyl sites for hydroxylation is 1. The highest BCUT2D eigenvalue weighted by Gasteiger charge is 2.42. The summed E-state index contributed by atoms with van der Waals surface area (Å²) in [6.45, 7) is 6.47. The van der Waals surface area contributed by atoms with Crippen molar-refractivity contribution < 1.29 is 4.79 Å². The van der Waals surface area contributed by atoms with E-state index in [9.17, 15) is 4.79 Å². The van der Waals surface area contributed by atoms with Crippen molar-refractivity contribution in [2.45, 2.75) is 26.3 Å². The van der Waals surface area contributed by atoms with E-state index in [-0.39, 0.29) is 5.91 Å². The van der Waals surface area contributed by atoms with Gasteiger partial charge in [0.2, 0.25) is 0 Å². The van der Waals surface area contributed by atoms with Gasteiger partial charge in [-0.25, -0.2) is 0 Å². The first-order chi connectivity index (χ1) is 8.06. The normalized spacial score (nSPS) is 25.8. The number of amides is 1. The van der Waals surface area contributed by atoms with E-state index in [0.29, 0.717) is 12.5 Å². The molecule has 0 aromatic heterocycles. The quantitative estimate of drug-likeness (QED) is 0.806. The van der Waals surface area contributed by atoms with Gasteiger partial charge < -0.3 is 5.32 Å². The first-order valence-corrected chi connectivity index (χ1v) is 5.77. The SMILES string of the molecule is CCN=C1NC(=O)C(C)(c2ccc(C)cc2)N1. The Kier molecular flexibility index (Phi) is 2.88. The van der Waals surface area contributed by atoms with Crippen molar-refractivity contribution in [3.8, 4) is 0 Å². The molecule has 0 aliphatic carbocycles. The van der Waals surface area contributed by atoms with E-state index in [4.69, 9.17) is 0 Å². The predicted molar refractivity (Wildman–Crippen MR) is 67.8 cm³/mol. The third kappa shape index (κ3) is 2.02. The molecule has 1 aliphatic heterocycles. The number of nitrogens with zero attached hydrogens (tertiary/aromatic N) is 1. The second kappa shape index (κ2) is 4.20. The Labute approximate surface area is 101 Å². The Morgan fingerprint density at radius 1 is 1.29 bits per heavy atom. The van der Waals surface area contributed by atoms with E-state index in [1.807, 2.05) is 45.0 Å². The van der Waals surface area contributed by atoms with Gasteiger partial charge in [0, 0.05) is 6.54 Å². The highest BCUT2D eigenvalue weighted by molar-refractivity contribution is 6.09.